The van der Waals surface area contributed by atoms with Crippen LogP contribution in [0.5, 0.6) is 0 Å². The van der Waals surface area contributed by atoms with Gasteiger partial charge in [-0.05, 0) is 52.8 Å². The lowest BCUT2D eigenvalue weighted by Crippen LogP contribution is -3.13. The molecule has 1 saturated heterocycles. The largest absolute Gasteiger partial charge is 0.346 e. The minimum absolute atomic E-state index is 0.434. The molecule has 136 valence electrons. The minimum Gasteiger partial charge on any atom is -0.346 e. The van der Waals surface area contributed by atoms with Crippen molar-refractivity contribution >= 4 is 17.3 Å². The van der Waals surface area contributed by atoms with Crippen LogP contribution < -0.4 is 10.2 Å². The highest BCUT2D eigenvalue weighted by Gasteiger charge is 2.29. The summed E-state index contributed by atoms with van der Waals surface area (Å²) in [5, 5.41) is 17.9. The Morgan fingerprint density at radius 2 is 2.00 bits per heavy atom. The van der Waals surface area contributed by atoms with Gasteiger partial charge in [-0.15, -0.1) is 11.3 Å². The maximum Gasteiger partial charge on any atom is 0.247 e. The summed E-state index contributed by atoms with van der Waals surface area (Å²) in [7, 11) is 0. The van der Waals surface area contributed by atoms with Gasteiger partial charge in [0.1, 0.15) is 6.04 Å². The molecule has 3 aromatic rings. The molecule has 2 aromatic heterocycles. The van der Waals surface area contributed by atoms with Crippen LogP contribution in [0, 0.1) is 5.92 Å². The number of para-hydroxylation sites is 1. The highest BCUT2D eigenvalue weighted by Crippen LogP contribution is 2.19. The Hall–Kier alpha value is -2.25. The monoisotopic (exact) mass is 369 g/mol. The lowest BCUT2D eigenvalue weighted by atomic mass is 9.97. The van der Waals surface area contributed by atoms with Crippen LogP contribution in [0.25, 0.3) is 5.69 Å². The summed E-state index contributed by atoms with van der Waals surface area (Å²) >= 11 is 1.84. The molecular formula is C19H25N6S+. The van der Waals surface area contributed by atoms with Crippen LogP contribution in [0.2, 0.25) is 0 Å². The van der Waals surface area contributed by atoms with Crippen molar-refractivity contribution in [2.75, 3.05) is 25.0 Å². The number of hydrogen-bond donors (Lipinski definition) is 2. The van der Waals surface area contributed by atoms with Crippen LogP contribution in [-0.2, 0) is 0 Å². The smallest absolute Gasteiger partial charge is 0.247 e. The molecule has 4 rings (SSSR count). The van der Waals surface area contributed by atoms with Crippen LogP contribution in [-0.4, -0.2) is 39.8 Å². The summed E-state index contributed by atoms with van der Waals surface area (Å²) in [6.07, 6.45) is 2.61. The number of rotatable bonds is 6. The maximum absolute atomic E-state index is 4.19. The molecule has 6 nitrogen and oxygen atoms in total. The lowest BCUT2D eigenvalue weighted by molar-refractivity contribution is -0.935. The van der Waals surface area contributed by atoms with Gasteiger partial charge in [-0.25, -0.2) is 0 Å². The topological polar surface area (TPSA) is 60.1 Å². The molecule has 0 saturated carbocycles. The first kappa shape index (κ1) is 17.2. The average Bonchev–Trinajstić information content (AvgIpc) is 3.36. The minimum atomic E-state index is 0.434. The van der Waals surface area contributed by atoms with E-state index in [2.05, 4.69) is 45.3 Å². The molecule has 7 heteroatoms. The number of tetrazole rings is 1. The number of quaternary nitrogens is 1. The molecule has 1 aromatic carbocycles. The molecule has 0 spiro atoms. The predicted octanol–water partition coefficient (Wildman–Crippen LogP) is 2.19. The van der Waals surface area contributed by atoms with Crippen LogP contribution in [0.1, 0.15) is 30.7 Å². The summed E-state index contributed by atoms with van der Waals surface area (Å²) in [6.45, 7) is 5.66. The fourth-order valence-corrected chi connectivity index (χ4v) is 4.54. The van der Waals surface area contributed by atoms with Gasteiger partial charge in [-0.3, -0.25) is 0 Å². The van der Waals surface area contributed by atoms with Gasteiger partial charge in [-0.1, -0.05) is 36.3 Å². The van der Waals surface area contributed by atoms with E-state index >= 15 is 0 Å². The highest BCUT2D eigenvalue weighted by atomic mass is 32.1. The van der Waals surface area contributed by atoms with Gasteiger partial charge in [0.15, 0.2) is 0 Å². The van der Waals surface area contributed by atoms with Gasteiger partial charge >= 0.3 is 0 Å². The van der Waals surface area contributed by atoms with Crippen molar-refractivity contribution in [3.8, 4) is 5.69 Å². The van der Waals surface area contributed by atoms with Gasteiger partial charge in [-0.2, -0.15) is 4.68 Å². The molecule has 26 heavy (non-hydrogen) atoms. The number of piperidine rings is 1. The molecule has 0 aliphatic carbocycles. The number of benzene rings is 1. The summed E-state index contributed by atoms with van der Waals surface area (Å²) in [5.41, 5.74) is 0.965. The normalized spacial score (nSPS) is 21.4. The third kappa shape index (κ3) is 3.78. The zero-order valence-corrected chi connectivity index (χ0v) is 15.8. The van der Waals surface area contributed by atoms with E-state index in [1.165, 1.54) is 30.8 Å². The first-order chi connectivity index (χ1) is 12.8. The van der Waals surface area contributed by atoms with E-state index in [0.29, 0.717) is 12.0 Å². The Balaban J connectivity index is 1.50. The first-order valence-corrected chi connectivity index (χ1v) is 10.1. The molecule has 0 bridgehead atoms. The van der Waals surface area contributed by atoms with E-state index in [9.17, 15) is 0 Å². The van der Waals surface area contributed by atoms with E-state index < -0.39 is 0 Å². The summed E-state index contributed by atoms with van der Waals surface area (Å²) in [5.74, 6) is 1.55. The number of nitrogens with one attached hydrogen (secondary N) is 2. The van der Waals surface area contributed by atoms with Crippen molar-refractivity contribution in [1.82, 2.24) is 20.2 Å². The standard InChI is InChI=1S/C19H24N6S/c1-15-9-11-24(12-10-15)17(18-8-5-13-26-18)14-20-19-21-22-23-25(19)16-6-3-2-4-7-16/h2-8,13,15,17H,9-12,14H2,1H3,(H,20,21,23)/p+1/t17-/m0/s1. The summed E-state index contributed by atoms with van der Waals surface area (Å²) in [6, 6.07) is 14.8. The van der Waals surface area contributed by atoms with Gasteiger partial charge in [0.2, 0.25) is 5.95 Å². The average molecular weight is 370 g/mol. The SMILES string of the molecule is CC1CC[NH+]([C@@H](CNc2nnnn2-c2ccccc2)c2cccs2)CC1. The molecule has 1 aliphatic heterocycles. The first-order valence-electron chi connectivity index (χ1n) is 9.27. The Morgan fingerprint density at radius 3 is 2.73 bits per heavy atom. The Kier molecular flexibility index (Phi) is 5.26. The fourth-order valence-electron chi connectivity index (χ4n) is 3.65. The van der Waals surface area contributed by atoms with E-state index in [4.69, 9.17) is 0 Å². The number of nitrogens with zero attached hydrogens (tertiary/aromatic N) is 4. The molecule has 1 atom stereocenters. The van der Waals surface area contributed by atoms with Crippen LogP contribution in [0.15, 0.2) is 47.8 Å². The Bertz CT molecular complexity index is 793. The summed E-state index contributed by atoms with van der Waals surface area (Å²) < 4.78 is 1.76. The number of aromatic nitrogens is 4. The fraction of sp³-hybridized carbons (Fsp3) is 0.421. The van der Waals surface area contributed by atoms with Crippen LogP contribution in [0.3, 0.4) is 0 Å². The molecule has 2 N–H and O–H groups in total. The predicted molar refractivity (Wildman–Crippen MR) is 104 cm³/mol. The number of likely N-dealkylation sites (tertiary alicyclic amines) is 1. The quantitative estimate of drug-likeness (QED) is 0.699. The Labute approximate surface area is 157 Å². The zero-order valence-electron chi connectivity index (χ0n) is 15.0. The van der Waals surface area contributed by atoms with E-state index in [0.717, 1.165) is 18.2 Å². The lowest BCUT2D eigenvalue weighted by Gasteiger charge is -2.33. The Morgan fingerprint density at radius 1 is 1.19 bits per heavy atom. The van der Waals surface area contributed by atoms with Gasteiger partial charge in [0, 0.05) is 0 Å². The van der Waals surface area contributed by atoms with Gasteiger partial charge < -0.3 is 10.2 Å². The highest BCUT2D eigenvalue weighted by molar-refractivity contribution is 7.10. The van der Waals surface area contributed by atoms with Gasteiger partial charge in [0.25, 0.3) is 0 Å². The molecular weight excluding hydrogens is 344 g/mol. The number of anilines is 1. The number of hydrogen-bond acceptors (Lipinski definition) is 5. The second-order valence-electron chi connectivity index (χ2n) is 7.04. The van der Waals surface area contributed by atoms with Crippen molar-refractivity contribution < 1.29 is 4.90 Å². The third-order valence-corrected chi connectivity index (χ3v) is 6.22. The van der Waals surface area contributed by atoms with Crippen molar-refractivity contribution in [1.29, 1.82) is 0 Å². The summed E-state index contributed by atoms with van der Waals surface area (Å²) in [4.78, 5) is 3.09. The second kappa shape index (κ2) is 7.97. The third-order valence-electron chi connectivity index (χ3n) is 5.23. The van der Waals surface area contributed by atoms with E-state index in [1.54, 1.807) is 9.58 Å². The zero-order chi connectivity index (χ0) is 17.8. The molecule has 0 radical (unpaired) electrons. The van der Waals surface area contributed by atoms with Gasteiger partial charge in [0.05, 0.1) is 30.2 Å². The maximum atomic E-state index is 4.19. The van der Waals surface area contributed by atoms with Crippen molar-refractivity contribution in [2.24, 2.45) is 5.92 Å². The molecule has 3 heterocycles. The second-order valence-corrected chi connectivity index (χ2v) is 8.02. The number of thiophene rings is 1. The van der Waals surface area contributed by atoms with E-state index in [-0.39, 0.29) is 0 Å². The van der Waals surface area contributed by atoms with E-state index in [1.807, 2.05) is 41.7 Å². The molecule has 0 unspecified atom stereocenters. The van der Waals surface area contributed by atoms with Crippen LogP contribution >= 0.6 is 11.3 Å². The molecule has 0 amide bonds. The van der Waals surface area contributed by atoms with Crippen LogP contribution in [0.4, 0.5) is 5.95 Å². The molecule has 1 aliphatic rings. The van der Waals surface area contributed by atoms with Crippen molar-refractivity contribution in [3.63, 3.8) is 0 Å². The van der Waals surface area contributed by atoms with Crippen molar-refractivity contribution in [2.45, 2.75) is 25.8 Å². The molecule has 1 fully saturated rings. The van der Waals surface area contributed by atoms with Crippen molar-refractivity contribution in [3.05, 3.63) is 52.7 Å².